The third kappa shape index (κ3) is 1.30. The molecule has 1 heterocycles. The summed E-state index contributed by atoms with van der Waals surface area (Å²) in [6.07, 6.45) is 0. The van der Waals surface area contributed by atoms with Gasteiger partial charge in [-0.15, -0.1) is 0 Å². The molecule has 2 heteroatoms. The van der Waals surface area contributed by atoms with Gasteiger partial charge in [0.05, 0.1) is 0 Å². The predicted octanol–water partition coefficient (Wildman–Crippen LogP) is 1.96. The summed E-state index contributed by atoms with van der Waals surface area (Å²) in [5.74, 6) is 0.623. The van der Waals surface area contributed by atoms with Crippen molar-refractivity contribution < 1.29 is 0 Å². The number of para-hydroxylation sites is 1. The molecule has 0 amide bonds. The fourth-order valence-electron chi connectivity index (χ4n) is 2.35. The number of benzene rings is 1. The van der Waals surface area contributed by atoms with Gasteiger partial charge in [-0.2, -0.15) is 0 Å². The van der Waals surface area contributed by atoms with Crippen molar-refractivity contribution in [1.29, 1.82) is 0 Å². The first kappa shape index (κ1) is 9.53. The molecule has 2 unspecified atom stereocenters. The third-order valence-corrected chi connectivity index (χ3v) is 3.32. The van der Waals surface area contributed by atoms with E-state index in [2.05, 4.69) is 43.0 Å². The molecule has 1 aliphatic rings. The van der Waals surface area contributed by atoms with Gasteiger partial charge < -0.3 is 10.6 Å². The SMILES string of the molecule is CC1c2ccccc2N(CCN)C1C. The second-order valence-electron chi connectivity index (χ2n) is 4.07. The topological polar surface area (TPSA) is 29.3 Å². The second kappa shape index (κ2) is 3.62. The van der Waals surface area contributed by atoms with E-state index < -0.39 is 0 Å². The van der Waals surface area contributed by atoms with Crippen molar-refractivity contribution in [2.75, 3.05) is 18.0 Å². The molecule has 0 aromatic heterocycles. The number of anilines is 1. The lowest BCUT2D eigenvalue weighted by atomic mass is 9.99. The summed E-state index contributed by atoms with van der Waals surface area (Å²) < 4.78 is 0. The van der Waals surface area contributed by atoms with Gasteiger partial charge in [0.1, 0.15) is 0 Å². The third-order valence-electron chi connectivity index (χ3n) is 3.32. The Morgan fingerprint density at radius 1 is 1.29 bits per heavy atom. The number of hydrogen-bond donors (Lipinski definition) is 1. The van der Waals surface area contributed by atoms with Crippen LogP contribution in [0.1, 0.15) is 25.3 Å². The lowest BCUT2D eigenvalue weighted by Gasteiger charge is -2.25. The van der Waals surface area contributed by atoms with Gasteiger partial charge in [-0.05, 0) is 18.6 Å². The minimum atomic E-state index is 0.580. The molecule has 1 aromatic rings. The van der Waals surface area contributed by atoms with E-state index in [4.69, 9.17) is 5.73 Å². The Kier molecular flexibility index (Phi) is 2.46. The molecular formula is C12H18N2. The van der Waals surface area contributed by atoms with Crippen LogP contribution in [0.3, 0.4) is 0 Å². The van der Waals surface area contributed by atoms with Crippen molar-refractivity contribution in [2.45, 2.75) is 25.8 Å². The average Bonchev–Trinajstić information content (AvgIpc) is 2.45. The monoisotopic (exact) mass is 190 g/mol. The summed E-state index contributed by atoms with van der Waals surface area (Å²) in [5.41, 5.74) is 8.47. The lowest BCUT2D eigenvalue weighted by Crippen LogP contribution is -2.35. The maximum Gasteiger partial charge on any atom is 0.0405 e. The number of nitrogens with zero attached hydrogens (tertiary/aromatic N) is 1. The molecule has 0 spiro atoms. The van der Waals surface area contributed by atoms with Crippen molar-refractivity contribution in [3.8, 4) is 0 Å². The van der Waals surface area contributed by atoms with E-state index in [1.54, 1.807) is 0 Å². The molecule has 2 N–H and O–H groups in total. The zero-order valence-corrected chi connectivity index (χ0v) is 8.90. The molecule has 0 saturated carbocycles. The summed E-state index contributed by atoms with van der Waals surface area (Å²) in [6.45, 7) is 6.26. The van der Waals surface area contributed by atoms with Gasteiger partial charge in [0.2, 0.25) is 0 Å². The van der Waals surface area contributed by atoms with Gasteiger partial charge in [0.15, 0.2) is 0 Å². The smallest absolute Gasteiger partial charge is 0.0405 e. The van der Waals surface area contributed by atoms with Gasteiger partial charge in [-0.1, -0.05) is 25.1 Å². The summed E-state index contributed by atoms with van der Waals surface area (Å²) in [6, 6.07) is 9.23. The van der Waals surface area contributed by atoms with Crippen molar-refractivity contribution >= 4 is 5.69 Å². The van der Waals surface area contributed by atoms with Crippen LogP contribution < -0.4 is 10.6 Å². The first-order valence-electron chi connectivity index (χ1n) is 5.31. The van der Waals surface area contributed by atoms with Crippen molar-refractivity contribution in [3.05, 3.63) is 29.8 Å². The molecule has 76 valence electrons. The molecule has 0 saturated heterocycles. The second-order valence-corrected chi connectivity index (χ2v) is 4.07. The normalized spacial score (nSPS) is 25.2. The zero-order valence-electron chi connectivity index (χ0n) is 8.90. The molecule has 0 aliphatic carbocycles. The molecule has 0 radical (unpaired) electrons. The number of nitrogens with two attached hydrogens (primary N) is 1. The Morgan fingerprint density at radius 3 is 2.71 bits per heavy atom. The maximum absolute atomic E-state index is 5.63. The van der Waals surface area contributed by atoms with Gasteiger partial charge in [-0.3, -0.25) is 0 Å². The van der Waals surface area contributed by atoms with Crippen LogP contribution in [0.15, 0.2) is 24.3 Å². The molecule has 1 aliphatic heterocycles. The molecule has 2 rings (SSSR count). The summed E-state index contributed by atoms with van der Waals surface area (Å²) in [7, 11) is 0. The highest BCUT2D eigenvalue weighted by Gasteiger charge is 2.31. The fourth-order valence-corrected chi connectivity index (χ4v) is 2.35. The van der Waals surface area contributed by atoms with Crippen LogP contribution in [0.5, 0.6) is 0 Å². The van der Waals surface area contributed by atoms with E-state index in [0.29, 0.717) is 12.0 Å². The van der Waals surface area contributed by atoms with Gasteiger partial charge in [0, 0.05) is 30.7 Å². The van der Waals surface area contributed by atoms with Crippen LogP contribution in [0, 0.1) is 0 Å². The van der Waals surface area contributed by atoms with Crippen LogP contribution in [-0.2, 0) is 0 Å². The van der Waals surface area contributed by atoms with E-state index in [1.165, 1.54) is 11.3 Å². The van der Waals surface area contributed by atoms with E-state index >= 15 is 0 Å². The number of fused-ring (bicyclic) bond motifs is 1. The minimum Gasteiger partial charge on any atom is -0.367 e. The molecule has 2 nitrogen and oxygen atoms in total. The molecule has 1 aromatic carbocycles. The molecule has 14 heavy (non-hydrogen) atoms. The van der Waals surface area contributed by atoms with E-state index in [9.17, 15) is 0 Å². The summed E-state index contributed by atoms with van der Waals surface area (Å²) in [4.78, 5) is 2.42. The summed E-state index contributed by atoms with van der Waals surface area (Å²) >= 11 is 0. The first-order chi connectivity index (χ1) is 6.75. The minimum absolute atomic E-state index is 0.580. The fraction of sp³-hybridized carbons (Fsp3) is 0.500. The van der Waals surface area contributed by atoms with Crippen LogP contribution in [0.4, 0.5) is 5.69 Å². The highest BCUT2D eigenvalue weighted by molar-refractivity contribution is 5.61. The molecular weight excluding hydrogens is 172 g/mol. The van der Waals surface area contributed by atoms with Gasteiger partial charge in [0.25, 0.3) is 0 Å². The van der Waals surface area contributed by atoms with E-state index in [1.807, 2.05) is 0 Å². The molecule has 0 bridgehead atoms. The van der Waals surface area contributed by atoms with Crippen LogP contribution in [-0.4, -0.2) is 19.1 Å². The Hall–Kier alpha value is -1.02. The lowest BCUT2D eigenvalue weighted by molar-refractivity contribution is 0.595. The van der Waals surface area contributed by atoms with Gasteiger partial charge in [-0.25, -0.2) is 0 Å². The predicted molar refractivity (Wildman–Crippen MR) is 60.7 cm³/mol. The highest BCUT2D eigenvalue weighted by atomic mass is 15.2. The van der Waals surface area contributed by atoms with Crippen LogP contribution in [0.2, 0.25) is 0 Å². The van der Waals surface area contributed by atoms with E-state index in [-0.39, 0.29) is 0 Å². The van der Waals surface area contributed by atoms with Crippen molar-refractivity contribution in [1.82, 2.24) is 0 Å². The van der Waals surface area contributed by atoms with Crippen LogP contribution >= 0.6 is 0 Å². The molecule has 2 atom stereocenters. The standard InChI is InChI=1S/C12H18N2/c1-9-10(2)14(8-7-13)12-6-4-3-5-11(9)12/h3-6,9-10H,7-8,13H2,1-2H3. The summed E-state index contributed by atoms with van der Waals surface area (Å²) in [5, 5.41) is 0. The largest absolute Gasteiger partial charge is 0.367 e. The quantitative estimate of drug-likeness (QED) is 0.772. The maximum atomic E-state index is 5.63. The average molecular weight is 190 g/mol. The number of hydrogen-bond acceptors (Lipinski definition) is 2. The van der Waals surface area contributed by atoms with Crippen LogP contribution in [0.25, 0.3) is 0 Å². The number of rotatable bonds is 2. The van der Waals surface area contributed by atoms with Crippen molar-refractivity contribution in [2.24, 2.45) is 5.73 Å². The Labute approximate surface area is 85.7 Å². The first-order valence-corrected chi connectivity index (χ1v) is 5.31. The Bertz CT molecular complexity index is 322. The Balaban J connectivity index is 2.37. The zero-order chi connectivity index (χ0) is 10.1. The van der Waals surface area contributed by atoms with E-state index in [0.717, 1.165) is 13.1 Å². The highest BCUT2D eigenvalue weighted by Crippen LogP contribution is 2.39. The van der Waals surface area contributed by atoms with Crippen molar-refractivity contribution in [3.63, 3.8) is 0 Å². The Morgan fingerprint density at radius 2 is 2.00 bits per heavy atom. The molecule has 0 fully saturated rings. The van der Waals surface area contributed by atoms with Gasteiger partial charge >= 0.3 is 0 Å².